The Morgan fingerprint density at radius 2 is 1.50 bits per heavy atom. The third kappa shape index (κ3) is 3.58. The van der Waals surface area contributed by atoms with Crippen LogP contribution in [0.1, 0.15) is 34.6 Å². The van der Waals surface area contributed by atoms with Crippen LogP contribution < -0.4 is 0 Å². The molecule has 0 unspecified atom stereocenters. The maximum Gasteiger partial charge on any atom is 0.0914 e. The van der Waals surface area contributed by atoms with Crippen LogP contribution in [0.15, 0.2) is 12.2 Å². The smallest absolute Gasteiger partial charge is 0.0914 e. The lowest BCUT2D eigenvalue weighted by atomic mass is 10.2. The minimum absolute atomic E-state index is 0.232. The largest absolute Gasteiger partial charge is 0.393 e. The standard InChI is InChI=1S/C12H26OSi/c1-10(2)8-9-11(13)14(6,7)12(3,4)5/h8-11,13H,1-7H3/b9-8+/t11-/m1/s1. The molecule has 0 radical (unpaired) electrons. The number of aliphatic hydroxyl groups excluding tert-OH is 1. The van der Waals surface area contributed by atoms with E-state index in [1.807, 2.05) is 6.08 Å². The highest BCUT2D eigenvalue weighted by Gasteiger charge is 2.40. The summed E-state index contributed by atoms with van der Waals surface area (Å²) < 4.78 is 0. The van der Waals surface area contributed by atoms with Crippen LogP contribution in [0.2, 0.25) is 18.1 Å². The van der Waals surface area contributed by atoms with Crippen LogP contribution >= 0.6 is 0 Å². The molecule has 0 spiro atoms. The summed E-state index contributed by atoms with van der Waals surface area (Å²) in [5.41, 5.74) is -0.232. The van der Waals surface area contributed by atoms with Crippen molar-refractivity contribution in [1.82, 2.24) is 0 Å². The number of rotatable bonds is 3. The van der Waals surface area contributed by atoms with E-state index in [4.69, 9.17) is 0 Å². The second-order valence-electron chi connectivity index (χ2n) is 6.05. The minimum atomic E-state index is -1.61. The predicted octanol–water partition coefficient (Wildman–Crippen LogP) is 3.61. The molecule has 0 bridgehead atoms. The van der Waals surface area contributed by atoms with Crippen molar-refractivity contribution in [3.63, 3.8) is 0 Å². The molecule has 14 heavy (non-hydrogen) atoms. The first kappa shape index (κ1) is 13.9. The fourth-order valence-electron chi connectivity index (χ4n) is 1.01. The van der Waals surface area contributed by atoms with E-state index in [0.717, 1.165) is 0 Å². The third-order valence-electron chi connectivity index (χ3n) is 3.35. The van der Waals surface area contributed by atoms with Gasteiger partial charge in [0.2, 0.25) is 0 Å². The molecule has 0 aromatic rings. The van der Waals surface area contributed by atoms with Gasteiger partial charge in [0.15, 0.2) is 0 Å². The summed E-state index contributed by atoms with van der Waals surface area (Å²) in [7, 11) is -1.61. The maximum atomic E-state index is 10.1. The first-order valence-electron chi connectivity index (χ1n) is 5.45. The van der Waals surface area contributed by atoms with Crippen molar-refractivity contribution in [3.8, 4) is 0 Å². The Bertz CT molecular complexity index is 199. The molecule has 1 atom stereocenters. The van der Waals surface area contributed by atoms with E-state index in [9.17, 15) is 5.11 Å². The molecule has 0 aliphatic heterocycles. The Morgan fingerprint density at radius 3 is 1.79 bits per heavy atom. The van der Waals surface area contributed by atoms with Gasteiger partial charge in [-0.1, -0.05) is 59.9 Å². The van der Waals surface area contributed by atoms with Gasteiger partial charge in [0.05, 0.1) is 13.8 Å². The molecule has 0 aliphatic rings. The van der Waals surface area contributed by atoms with Gasteiger partial charge in [-0.2, -0.15) is 0 Å². The molecule has 0 aromatic carbocycles. The van der Waals surface area contributed by atoms with Gasteiger partial charge >= 0.3 is 0 Å². The molecular weight excluding hydrogens is 188 g/mol. The molecule has 0 saturated heterocycles. The second-order valence-corrected chi connectivity index (χ2v) is 11.6. The van der Waals surface area contributed by atoms with Gasteiger partial charge in [-0.25, -0.2) is 0 Å². The average Bonchev–Trinajstić information content (AvgIpc) is 1.97. The Balaban J connectivity index is 4.60. The van der Waals surface area contributed by atoms with Gasteiger partial charge < -0.3 is 5.11 Å². The predicted molar refractivity (Wildman–Crippen MR) is 67.2 cm³/mol. The second kappa shape index (κ2) is 4.62. The van der Waals surface area contributed by atoms with Crippen molar-refractivity contribution in [2.45, 2.75) is 58.5 Å². The molecule has 0 heterocycles. The third-order valence-corrected chi connectivity index (χ3v) is 8.89. The van der Waals surface area contributed by atoms with Crippen LogP contribution in [0.5, 0.6) is 0 Å². The molecular formula is C12H26OSi. The Kier molecular flexibility index (Phi) is 4.60. The van der Waals surface area contributed by atoms with E-state index < -0.39 is 8.07 Å². The lowest BCUT2D eigenvalue weighted by Crippen LogP contribution is -2.48. The highest BCUT2D eigenvalue weighted by Crippen LogP contribution is 2.38. The maximum absolute atomic E-state index is 10.1. The van der Waals surface area contributed by atoms with Gasteiger partial charge in [0.25, 0.3) is 0 Å². The zero-order chi connectivity index (χ0) is 11.6. The summed E-state index contributed by atoms with van der Waals surface area (Å²) in [5.74, 6) is 0.523. The van der Waals surface area contributed by atoms with Crippen molar-refractivity contribution in [2.75, 3.05) is 0 Å². The highest BCUT2D eigenvalue weighted by molar-refractivity contribution is 6.81. The van der Waals surface area contributed by atoms with Gasteiger partial charge in [0, 0.05) is 0 Å². The van der Waals surface area contributed by atoms with E-state index in [1.165, 1.54) is 0 Å². The number of hydrogen-bond donors (Lipinski definition) is 1. The van der Waals surface area contributed by atoms with Crippen LogP contribution in [0.4, 0.5) is 0 Å². The molecule has 0 aromatic heterocycles. The van der Waals surface area contributed by atoms with Crippen molar-refractivity contribution in [3.05, 3.63) is 12.2 Å². The van der Waals surface area contributed by atoms with Crippen LogP contribution in [-0.4, -0.2) is 18.9 Å². The monoisotopic (exact) mass is 214 g/mol. The number of hydrogen-bond acceptors (Lipinski definition) is 1. The first-order valence-corrected chi connectivity index (χ1v) is 8.53. The van der Waals surface area contributed by atoms with Crippen molar-refractivity contribution >= 4 is 8.07 Å². The Hall–Kier alpha value is -0.0831. The summed E-state index contributed by atoms with van der Waals surface area (Å²) in [6.07, 6.45) is 4.09. The lowest BCUT2D eigenvalue weighted by molar-refractivity contribution is 0.283. The zero-order valence-corrected chi connectivity index (χ0v) is 11.8. The quantitative estimate of drug-likeness (QED) is 0.562. The zero-order valence-electron chi connectivity index (χ0n) is 10.8. The normalized spacial score (nSPS) is 16.6. The summed E-state index contributed by atoms with van der Waals surface area (Å²) in [6.45, 7) is 15.5. The summed E-state index contributed by atoms with van der Waals surface area (Å²) in [6, 6.07) is 0. The van der Waals surface area contributed by atoms with E-state index >= 15 is 0 Å². The lowest BCUT2D eigenvalue weighted by Gasteiger charge is -2.39. The molecule has 0 amide bonds. The summed E-state index contributed by atoms with van der Waals surface area (Å²) in [4.78, 5) is 0. The van der Waals surface area contributed by atoms with E-state index in [-0.39, 0.29) is 10.8 Å². The van der Waals surface area contributed by atoms with Crippen LogP contribution in [0.3, 0.4) is 0 Å². The van der Waals surface area contributed by atoms with Crippen molar-refractivity contribution < 1.29 is 5.11 Å². The molecule has 0 fully saturated rings. The van der Waals surface area contributed by atoms with Crippen LogP contribution in [-0.2, 0) is 0 Å². The molecule has 1 N–H and O–H groups in total. The highest BCUT2D eigenvalue weighted by atomic mass is 28.3. The molecule has 84 valence electrons. The molecule has 0 aliphatic carbocycles. The molecule has 0 rings (SSSR count). The SMILES string of the molecule is CC(C)/C=C/[C@H](O)[Si](C)(C)C(C)(C)C. The number of aliphatic hydroxyl groups is 1. The fourth-order valence-corrected chi connectivity index (χ4v) is 2.49. The van der Waals surface area contributed by atoms with E-state index in [1.54, 1.807) is 0 Å². The fraction of sp³-hybridized carbons (Fsp3) is 0.833. The van der Waals surface area contributed by atoms with Gasteiger partial charge in [-0.3, -0.25) is 0 Å². The molecule has 2 heteroatoms. The molecule has 1 nitrogen and oxygen atoms in total. The molecule has 0 saturated carbocycles. The van der Waals surface area contributed by atoms with Gasteiger partial charge in [0.1, 0.15) is 0 Å². The van der Waals surface area contributed by atoms with E-state index in [2.05, 4.69) is 53.8 Å². The van der Waals surface area contributed by atoms with Crippen molar-refractivity contribution in [1.29, 1.82) is 0 Å². The van der Waals surface area contributed by atoms with Gasteiger partial charge in [-0.15, -0.1) is 0 Å². The topological polar surface area (TPSA) is 20.2 Å². The summed E-state index contributed by atoms with van der Waals surface area (Å²) >= 11 is 0. The Labute approximate surface area is 90.2 Å². The van der Waals surface area contributed by atoms with Crippen LogP contribution in [0.25, 0.3) is 0 Å². The van der Waals surface area contributed by atoms with Gasteiger partial charge in [-0.05, 0) is 11.0 Å². The van der Waals surface area contributed by atoms with E-state index in [0.29, 0.717) is 5.92 Å². The first-order chi connectivity index (χ1) is 6.09. The summed E-state index contributed by atoms with van der Waals surface area (Å²) in [5, 5.41) is 10.4. The number of allylic oxidation sites excluding steroid dienone is 1. The minimum Gasteiger partial charge on any atom is -0.393 e. The Morgan fingerprint density at radius 1 is 1.07 bits per heavy atom. The van der Waals surface area contributed by atoms with Crippen LogP contribution in [0, 0.1) is 5.92 Å². The van der Waals surface area contributed by atoms with Crippen molar-refractivity contribution in [2.24, 2.45) is 5.92 Å². The average molecular weight is 214 g/mol.